The third-order valence-corrected chi connectivity index (χ3v) is 8.64. The van der Waals surface area contributed by atoms with E-state index in [9.17, 15) is 4.79 Å². The van der Waals surface area contributed by atoms with E-state index in [0.29, 0.717) is 11.2 Å². The van der Waals surface area contributed by atoms with Crippen LogP contribution in [0.5, 0.6) is 0 Å². The van der Waals surface area contributed by atoms with Crippen molar-refractivity contribution in [2.45, 2.75) is 78.6 Å². The zero-order valence-electron chi connectivity index (χ0n) is 14.2. The minimum atomic E-state index is 0.0618. The molecule has 4 aliphatic rings. The van der Waals surface area contributed by atoms with Gasteiger partial charge in [-0.1, -0.05) is 27.2 Å². The molecule has 118 valence electrons. The molecule has 1 heteroatoms. The Kier molecular flexibility index (Phi) is 3.12. The zero-order chi connectivity index (χ0) is 14.8. The molecule has 1 unspecified atom stereocenters. The number of ketones is 1. The molecule has 4 saturated carbocycles. The van der Waals surface area contributed by atoms with Crippen LogP contribution in [0, 0.1) is 40.4 Å². The molecule has 0 bridgehead atoms. The summed E-state index contributed by atoms with van der Waals surface area (Å²) in [5, 5.41) is 0. The Morgan fingerprint density at radius 2 is 1.76 bits per heavy atom. The lowest BCUT2D eigenvalue weighted by Crippen LogP contribution is -2.53. The highest BCUT2D eigenvalue weighted by Gasteiger charge is 2.59. The van der Waals surface area contributed by atoms with Gasteiger partial charge in [-0.25, -0.2) is 0 Å². The van der Waals surface area contributed by atoms with Crippen molar-refractivity contribution in [3.05, 3.63) is 0 Å². The molecule has 21 heavy (non-hydrogen) atoms. The minimum Gasteiger partial charge on any atom is -0.299 e. The Labute approximate surface area is 130 Å². The van der Waals surface area contributed by atoms with E-state index in [4.69, 9.17) is 0 Å². The van der Waals surface area contributed by atoms with Crippen LogP contribution in [0.3, 0.4) is 0 Å². The van der Waals surface area contributed by atoms with Gasteiger partial charge >= 0.3 is 0 Å². The van der Waals surface area contributed by atoms with E-state index < -0.39 is 0 Å². The van der Waals surface area contributed by atoms with Crippen molar-refractivity contribution >= 4 is 5.78 Å². The van der Waals surface area contributed by atoms with E-state index in [1.165, 1.54) is 51.4 Å². The molecule has 0 saturated heterocycles. The van der Waals surface area contributed by atoms with E-state index in [1.54, 1.807) is 0 Å². The molecule has 0 aromatic heterocycles. The molecule has 0 radical (unpaired) electrons. The van der Waals surface area contributed by atoms with Crippen LogP contribution in [-0.2, 0) is 4.79 Å². The van der Waals surface area contributed by atoms with Gasteiger partial charge in [-0.3, -0.25) is 4.79 Å². The van der Waals surface area contributed by atoms with Crippen molar-refractivity contribution in [2.24, 2.45) is 40.4 Å². The average Bonchev–Trinajstić information content (AvgIpc) is 2.76. The molecule has 1 nitrogen and oxygen atoms in total. The van der Waals surface area contributed by atoms with Gasteiger partial charge in [0.2, 0.25) is 0 Å². The summed E-state index contributed by atoms with van der Waals surface area (Å²) < 4.78 is 0. The number of carbonyl (C=O) groups is 1. The highest BCUT2D eigenvalue weighted by molar-refractivity contribution is 5.87. The number of rotatable bonds is 0. The van der Waals surface area contributed by atoms with Gasteiger partial charge in [0.25, 0.3) is 0 Å². The highest BCUT2D eigenvalue weighted by atomic mass is 16.1. The van der Waals surface area contributed by atoms with E-state index in [0.717, 1.165) is 36.0 Å². The summed E-state index contributed by atoms with van der Waals surface area (Å²) >= 11 is 0. The molecule has 0 spiro atoms. The van der Waals surface area contributed by atoms with E-state index in [1.807, 2.05) is 0 Å². The molecule has 0 heterocycles. The van der Waals surface area contributed by atoms with Crippen molar-refractivity contribution in [1.29, 1.82) is 0 Å². The third kappa shape index (κ3) is 1.85. The number of carbonyl (C=O) groups excluding carboxylic acids is 1. The molecule has 0 aromatic rings. The van der Waals surface area contributed by atoms with Gasteiger partial charge in [-0.2, -0.15) is 0 Å². The monoisotopic (exact) mass is 288 g/mol. The topological polar surface area (TPSA) is 17.1 Å². The number of hydrogen-bond donors (Lipinski definition) is 0. The highest BCUT2D eigenvalue weighted by Crippen LogP contribution is 2.65. The van der Waals surface area contributed by atoms with Crippen molar-refractivity contribution in [3.8, 4) is 0 Å². The summed E-state index contributed by atoms with van der Waals surface area (Å²) in [6.45, 7) is 7.39. The van der Waals surface area contributed by atoms with Gasteiger partial charge in [0, 0.05) is 11.8 Å². The molecule has 0 aliphatic heterocycles. The lowest BCUT2D eigenvalue weighted by molar-refractivity contribution is -0.139. The summed E-state index contributed by atoms with van der Waals surface area (Å²) in [6, 6.07) is 0. The van der Waals surface area contributed by atoms with Crippen LogP contribution in [0.4, 0.5) is 0 Å². The lowest BCUT2D eigenvalue weighted by atomic mass is 9.45. The predicted octanol–water partition coefficient (Wildman–Crippen LogP) is 5.23. The second-order valence-electron chi connectivity index (χ2n) is 9.45. The second-order valence-corrected chi connectivity index (χ2v) is 9.45. The molecule has 7 atom stereocenters. The molecule has 0 amide bonds. The normalized spacial score (nSPS) is 56.5. The molecule has 4 fully saturated rings. The first-order valence-corrected chi connectivity index (χ1v) is 9.48. The van der Waals surface area contributed by atoms with Gasteiger partial charge in [0.15, 0.2) is 0 Å². The Balaban J connectivity index is 1.64. The summed E-state index contributed by atoms with van der Waals surface area (Å²) in [5.41, 5.74) is 0.661. The first-order chi connectivity index (χ1) is 9.95. The van der Waals surface area contributed by atoms with Crippen molar-refractivity contribution in [3.63, 3.8) is 0 Å². The fraction of sp³-hybridized carbons (Fsp3) is 0.950. The molecule has 0 aromatic carbocycles. The third-order valence-electron chi connectivity index (χ3n) is 8.64. The fourth-order valence-corrected chi connectivity index (χ4v) is 7.24. The van der Waals surface area contributed by atoms with E-state index >= 15 is 0 Å². The average molecular weight is 288 g/mol. The second kappa shape index (κ2) is 4.59. The zero-order valence-corrected chi connectivity index (χ0v) is 14.2. The molecule has 4 rings (SSSR count). The largest absolute Gasteiger partial charge is 0.299 e. The summed E-state index contributed by atoms with van der Waals surface area (Å²) in [4.78, 5) is 12.4. The Morgan fingerprint density at radius 3 is 2.57 bits per heavy atom. The van der Waals surface area contributed by atoms with Crippen molar-refractivity contribution in [1.82, 2.24) is 0 Å². The van der Waals surface area contributed by atoms with Crippen molar-refractivity contribution in [2.75, 3.05) is 0 Å². The van der Waals surface area contributed by atoms with E-state index in [-0.39, 0.29) is 5.41 Å². The van der Waals surface area contributed by atoms with Crippen LogP contribution in [0.2, 0.25) is 0 Å². The van der Waals surface area contributed by atoms with Gasteiger partial charge in [0.05, 0.1) is 0 Å². The Morgan fingerprint density at radius 1 is 0.952 bits per heavy atom. The van der Waals surface area contributed by atoms with Gasteiger partial charge in [0.1, 0.15) is 5.78 Å². The van der Waals surface area contributed by atoms with Crippen LogP contribution in [-0.4, -0.2) is 5.78 Å². The summed E-state index contributed by atoms with van der Waals surface area (Å²) in [5.74, 6) is 5.03. The van der Waals surface area contributed by atoms with E-state index in [2.05, 4.69) is 20.8 Å². The van der Waals surface area contributed by atoms with Crippen molar-refractivity contribution < 1.29 is 4.79 Å². The number of fused-ring (bicyclic) bond motifs is 5. The van der Waals surface area contributed by atoms with Crippen LogP contribution in [0.25, 0.3) is 0 Å². The smallest absolute Gasteiger partial charge is 0.139 e. The maximum atomic E-state index is 12.4. The Hall–Kier alpha value is -0.330. The quantitative estimate of drug-likeness (QED) is 0.596. The molecular formula is C20H32O. The van der Waals surface area contributed by atoms with Crippen LogP contribution < -0.4 is 0 Å². The van der Waals surface area contributed by atoms with Gasteiger partial charge in [-0.05, 0) is 80.0 Å². The Bertz CT molecular complexity index is 455. The minimum absolute atomic E-state index is 0.0618. The molecular weight excluding hydrogens is 256 g/mol. The summed E-state index contributed by atoms with van der Waals surface area (Å²) in [6.07, 6.45) is 11.8. The number of Topliss-reactive ketones (excluding diaryl/α,β-unsaturated/α-hetero) is 1. The first kappa shape index (κ1) is 14.3. The van der Waals surface area contributed by atoms with Crippen LogP contribution in [0.1, 0.15) is 78.6 Å². The van der Waals surface area contributed by atoms with Gasteiger partial charge in [-0.15, -0.1) is 0 Å². The fourth-order valence-electron chi connectivity index (χ4n) is 7.24. The SMILES string of the molecule is C[C@H]1CC[C@@]2(C)C(CC[C@@H]3[C@@H]2CC[C@]2(C)C(=O)CC[C@@H]32)C1. The standard InChI is InChI=1S/C20H32O/c1-13-8-10-19(2)14(12-13)4-5-15-16-6-7-18(21)20(16,3)11-9-17(15)19/h13-17H,4-12H2,1-3H3/t13-,14?,15-,16-,17-,19-,20-/m0/s1. The summed E-state index contributed by atoms with van der Waals surface area (Å²) in [7, 11) is 0. The lowest BCUT2D eigenvalue weighted by Gasteiger charge is -2.60. The molecule has 4 aliphatic carbocycles. The van der Waals surface area contributed by atoms with Crippen LogP contribution >= 0.6 is 0 Å². The number of hydrogen-bond acceptors (Lipinski definition) is 1. The van der Waals surface area contributed by atoms with Gasteiger partial charge < -0.3 is 0 Å². The first-order valence-electron chi connectivity index (χ1n) is 9.48. The predicted molar refractivity (Wildman–Crippen MR) is 85.9 cm³/mol. The molecule has 0 N–H and O–H groups in total. The maximum Gasteiger partial charge on any atom is 0.139 e. The van der Waals surface area contributed by atoms with Crippen LogP contribution in [0.15, 0.2) is 0 Å². The maximum absolute atomic E-state index is 12.4.